The molecule has 26 heavy (non-hydrogen) atoms. The van der Waals surface area contributed by atoms with Crippen molar-refractivity contribution in [3.63, 3.8) is 0 Å². The molecule has 1 aliphatic heterocycles. The molecule has 132 valence electrons. The summed E-state index contributed by atoms with van der Waals surface area (Å²) in [6, 6.07) is 11.3. The van der Waals surface area contributed by atoms with Gasteiger partial charge in [-0.1, -0.05) is 18.2 Å². The molecule has 0 saturated carbocycles. The lowest BCUT2D eigenvalue weighted by molar-refractivity contribution is 0.453. The van der Waals surface area contributed by atoms with Crippen LogP contribution in [0.2, 0.25) is 0 Å². The minimum absolute atomic E-state index is 0.0932. The smallest absolute Gasteiger partial charge is 0.222 e. The lowest BCUT2D eigenvalue weighted by Gasteiger charge is -2.13. The van der Waals surface area contributed by atoms with Gasteiger partial charge in [0.15, 0.2) is 0 Å². The predicted molar refractivity (Wildman–Crippen MR) is 97.5 cm³/mol. The summed E-state index contributed by atoms with van der Waals surface area (Å²) in [6.45, 7) is 0.730. The summed E-state index contributed by atoms with van der Waals surface area (Å²) in [5.74, 6) is 0.139. The standard InChI is InChI=1S/C19H18FN5O/c20-14-4-1-11(2-5-14)7-16(21)18-24-17-6-3-12(13-9-22-23-10-13)8-15(17)19(26)25-18/h1-6,8-9,13,16,23H,7,10,21H2,(H,24,25,26)/t13?,16-/m0/s1. The number of hydrogen-bond acceptors (Lipinski definition) is 6. The number of rotatable bonds is 4. The number of halogens is 1. The van der Waals surface area contributed by atoms with Gasteiger partial charge < -0.3 is 16.3 Å². The molecule has 2 heterocycles. The summed E-state index contributed by atoms with van der Waals surface area (Å²) >= 11 is 0. The van der Waals surface area contributed by atoms with Crippen LogP contribution in [0.25, 0.3) is 10.9 Å². The first-order chi connectivity index (χ1) is 12.6. The molecule has 2 atom stereocenters. The van der Waals surface area contributed by atoms with Crippen molar-refractivity contribution in [2.45, 2.75) is 18.4 Å². The topological polar surface area (TPSA) is 96.4 Å². The molecule has 4 rings (SSSR count). The summed E-state index contributed by atoms with van der Waals surface area (Å²) in [7, 11) is 0. The molecule has 6 nitrogen and oxygen atoms in total. The zero-order valence-corrected chi connectivity index (χ0v) is 13.9. The fraction of sp³-hybridized carbons (Fsp3) is 0.211. The molecule has 0 saturated heterocycles. The Morgan fingerprint density at radius 2 is 2.00 bits per heavy atom. The number of benzene rings is 2. The Morgan fingerprint density at radius 1 is 1.19 bits per heavy atom. The molecule has 0 radical (unpaired) electrons. The van der Waals surface area contributed by atoms with E-state index in [9.17, 15) is 9.50 Å². The Balaban J connectivity index is 1.62. The first-order valence-corrected chi connectivity index (χ1v) is 8.37. The molecular formula is C19H18FN5O. The van der Waals surface area contributed by atoms with E-state index in [4.69, 9.17) is 5.73 Å². The monoisotopic (exact) mass is 351 g/mol. The quantitative estimate of drug-likeness (QED) is 0.671. The van der Waals surface area contributed by atoms with Crippen molar-refractivity contribution in [3.05, 3.63) is 65.2 Å². The second-order valence-corrected chi connectivity index (χ2v) is 6.37. The number of nitrogens with one attached hydrogen (secondary N) is 1. The maximum absolute atomic E-state index is 13.0. The van der Waals surface area contributed by atoms with E-state index in [1.54, 1.807) is 12.1 Å². The third-order valence-electron chi connectivity index (χ3n) is 4.50. The van der Waals surface area contributed by atoms with E-state index in [0.29, 0.717) is 23.1 Å². The number of aromatic nitrogens is 2. The summed E-state index contributed by atoms with van der Waals surface area (Å²) in [4.78, 5) is 8.68. The van der Waals surface area contributed by atoms with Gasteiger partial charge in [0.2, 0.25) is 5.88 Å². The predicted octanol–water partition coefficient (Wildman–Crippen LogP) is 2.39. The van der Waals surface area contributed by atoms with Crippen LogP contribution in [0.1, 0.15) is 28.9 Å². The molecular weight excluding hydrogens is 333 g/mol. The minimum atomic E-state index is -0.499. The highest BCUT2D eigenvalue weighted by molar-refractivity contribution is 5.85. The summed E-state index contributed by atoms with van der Waals surface area (Å²) in [6.07, 6.45) is 2.29. The molecule has 1 aromatic heterocycles. The average Bonchev–Trinajstić information content (AvgIpc) is 3.18. The average molecular weight is 351 g/mol. The number of hydrazone groups is 1. The van der Waals surface area contributed by atoms with Gasteiger partial charge in [0.05, 0.1) is 16.9 Å². The summed E-state index contributed by atoms with van der Waals surface area (Å²) < 4.78 is 13.0. The van der Waals surface area contributed by atoms with E-state index >= 15 is 0 Å². The first-order valence-electron chi connectivity index (χ1n) is 8.37. The Morgan fingerprint density at radius 3 is 2.73 bits per heavy atom. The molecule has 0 bridgehead atoms. The van der Waals surface area contributed by atoms with Gasteiger partial charge in [0.1, 0.15) is 11.6 Å². The van der Waals surface area contributed by atoms with Crippen LogP contribution >= 0.6 is 0 Å². The van der Waals surface area contributed by atoms with Crippen LogP contribution in [-0.2, 0) is 6.42 Å². The molecule has 0 aliphatic carbocycles. The zero-order valence-electron chi connectivity index (χ0n) is 13.9. The highest BCUT2D eigenvalue weighted by atomic mass is 19.1. The van der Waals surface area contributed by atoms with Crippen LogP contribution in [0.4, 0.5) is 4.39 Å². The van der Waals surface area contributed by atoms with Gasteiger partial charge in [-0.2, -0.15) is 10.1 Å². The molecule has 0 amide bonds. The lowest BCUT2D eigenvalue weighted by Crippen LogP contribution is -2.17. The summed E-state index contributed by atoms with van der Waals surface area (Å²) in [5, 5.41) is 15.0. The molecule has 7 heteroatoms. The van der Waals surface area contributed by atoms with Gasteiger partial charge in [-0.25, -0.2) is 9.37 Å². The van der Waals surface area contributed by atoms with E-state index in [1.165, 1.54) is 12.1 Å². The van der Waals surface area contributed by atoms with Crippen LogP contribution in [-0.4, -0.2) is 27.8 Å². The van der Waals surface area contributed by atoms with E-state index in [1.807, 2.05) is 24.4 Å². The van der Waals surface area contributed by atoms with Crippen molar-refractivity contribution >= 4 is 17.1 Å². The van der Waals surface area contributed by atoms with Crippen LogP contribution in [0.3, 0.4) is 0 Å². The third kappa shape index (κ3) is 3.21. The lowest BCUT2D eigenvalue weighted by atomic mass is 9.99. The van der Waals surface area contributed by atoms with Crippen LogP contribution in [0.5, 0.6) is 5.88 Å². The molecule has 4 N–H and O–H groups in total. The molecule has 2 aromatic carbocycles. The van der Waals surface area contributed by atoms with Gasteiger partial charge in [0, 0.05) is 18.7 Å². The van der Waals surface area contributed by atoms with Crippen LogP contribution in [0, 0.1) is 5.82 Å². The van der Waals surface area contributed by atoms with Crippen molar-refractivity contribution < 1.29 is 9.50 Å². The van der Waals surface area contributed by atoms with Gasteiger partial charge in [0.25, 0.3) is 0 Å². The van der Waals surface area contributed by atoms with Gasteiger partial charge in [-0.05, 0) is 41.8 Å². The van der Waals surface area contributed by atoms with Gasteiger partial charge in [-0.3, -0.25) is 0 Å². The number of fused-ring (bicyclic) bond motifs is 1. The molecule has 0 spiro atoms. The highest BCUT2D eigenvalue weighted by Crippen LogP contribution is 2.27. The second-order valence-electron chi connectivity index (χ2n) is 6.37. The largest absolute Gasteiger partial charge is 0.493 e. The maximum atomic E-state index is 13.0. The minimum Gasteiger partial charge on any atom is -0.493 e. The molecule has 0 fully saturated rings. The number of nitrogens with two attached hydrogens (primary N) is 1. The second kappa shape index (κ2) is 6.68. The Labute approximate surface area is 149 Å². The van der Waals surface area contributed by atoms with Crippen molar-refractivity contribution in [1.82, 2.24) is 15.4 Å². The Kier molecular flexibility index (Phi) is 4.22. The highest BCUT2D eigenvalue weighted by Gasteiger charge is 2.17. The molecule has 1 aliphatic rings. The fourth-order valence-corrected chi connectivity index (χ4v) is 3.06. The van der Waals surface area contributed by atoms with E-state index in [-0.39, 0.29) is 17.6 Å². The number of aromatic hydroxyl groups is 1. The SMILES string of the molecule is N[C@@H](Cc1ccc(F)cc1)c1nc(O)c2cc(C3C=NNC3)ccc2n1. The van der Waals surface area contributed by atoms with Crippen molar-refractivity contribution in [2.75, 3.05) is 6.54 Å². The zero-order chi connectivity index (χ0) is 18.1. The Hall–Kier alpha value is -3.06. The van der Waals surface area contributed by atoms with E-state index in [0.717, 1.165) is 17.7 Å². The third-order valence-corrected chi connectivity index (χ3v) is 4.50. The number of hydrogen-bond donors (Lipinski definition) is 3. The van der Waals surface area contributed by atoms with E-state index < -0.39 is 6.04 Å². The van der Waals surface area contributed by atoms with Crippen molar-refractivity contribution in [2.24, 2.45) is 10.8 Å². The van der Waals surface area contributed by atoms with Gasteiger partial charge >= 0.3 is 0 Å². The summed E-state index contributed by atoms with van der Waals surface area (Å²) in [5.41, 5.74) is 11.7. The van der Waals surface area contributed by atoms with Crippen molar-refractivity contribution in [1.29, 1.82) is 0 Å². The first kappa shape index (κ1) is 16.4. The van der Waals surface area contributed by atoms with E-state index in [2.05, 4.69) is 20.5 Å². The normalized spacial score (nSPS) is 17.4. The van der Waals surface area contributed by atoms with Crippen molar-refractivity contribution in [3.8, 4) is 5.88 Å². The van der Waals surface area contributed by atoms with Gasteiger partial charge in [-0.15, -0.1) is 0 Å². The molecule has 3 aromatic rings. The maximum Gasteiger partial charge on any atom is 0.222 e. The van der Waals surface area contributed by atoms with Crippen LogP contribution < -0.4 is 11.2 Å². The number of nitrogens with zero attached hydrogens (tertiary/aromatic N) is 3. The Bertz CT molecular complexity index is 974. The fourth-order valence-electron chi connectivity index (χ4n) is 3.06. The van der Waals surface area contributed by atoms with Crippen LogP contribution in [0.15, 0.2) is 47.6 Å². The molecule has 1 unspecified atom stereocenters.